The molecule has 3 rings (SSSR count). The monoisotopic (exact) mass is 402 g/mol. The van der Waals surface area contributed by atoms with E-state index in [1.807, 2.05) is 27.7 Å². The summed E-state index contributed by atoms with van der Waals surface area (Å²) in [4.78, 5) is 42.8. The molecule has 2 heterocycles. The minimum Gasteiger partial charge on any atom is -0.444 e. The Morgan fingerprint density at radius 3 is 2.62 bits per heavy atom. The zero-order valence-electron chi connectivity index (χ0n) is 17.5. The topological polar surface area (TPSA) is 116 Å². The summed E-state index contributed by atoms with van der Waals surface area (Å²) in [6, 6.07) is -0.0694. The maximum atomic E-state index is 12.9. The molecule has 2 aromatic rings. The molecule has 0 radical (unpaired) electrons. The van der Waals surface area contributed by atoms with Gasteiger partial charge >= 0.3 is 6.09 Å². The summed E-state index contributed by atoms with van der Waals surface area (Å²) in [6.45, 7) is 7.77. The number of amides is 2. The number of hydrogen-bond acceptors (Lipinski definition) is 4. The van der Waals surface area contributed by atoms with Gasteiger partial charge < -0.3 is 25.3 Å². The van der Waals surface area contributed by atoms with E-state index in [2.05, 4.69) is 20.6 Å². The molecule has 1 fully saturated rings. The number of H-pyrrole nitrogens is 2. The molecule has 1 saturated carbocycles. The van der Waals surface area contributed by atoms with Gasteiger partial charge in [0.25, 0.3) is 11.5 Å². The number of aromatic amines is 2. The van der Waals surface area contributed by atoms with E-state index in [0.717, 1.165) is 31.2 Å². The molecular formula is C21H30N4O4. The van der Waals surface area contributed by atoms with E-state index in [1.165, 1.54) is 0 Å². The Bertz CT molecular complexity index is 954. The Balaban J connectivity index is 1.69. The smallest absolute Gasteiger partial charge is 0.407 e. The van der Waals surface area contributed by atoms with Crippen molar-refractivity contribution in [3.8, 4) is 0 Å². The maximum absolute atomic E-state index is 12.9. The number of rotatable bonds is 4. The van der Waals surface area contributed by atoms with Crippen LogP contribution >= 0.6 is 0 Å². The first kappa shape index (κ1) is 21.0. The fourth-order valence-electron chi connectivity index (χ4n) is 3.88. The Morgan fingerprint density at radius 1 is 1.17 bits per heavy atom. The summed E-state index contributed by atoms with van der Waals surface area (Å²) >= 11 is 0. The molecule has 0 saturated heterocycles. The Labute approximate surface area is 169 Å². The standard InChI is InChI=1S/C21H30N4O4/c1-12-9-23-19(27)16-14(11-22-17(12)16)18(26)25-15-8-6-5-7-13(15)10-24-20(28)29-21(2,3)4/h9,11,13,15,22H,5-8,10H2,1-4H3,(H,23,27)(H,24,28)(H,25,26)/t13-,15?/m1/s1. The maximum Gasteiger partial charge on any atom is 0.407 e. The molecule has 1 unspecified atom stereocenters. The Kier molecular flexibility index (Phi) is 6.00. The van der Waals surface area contributed by atoms with Crippen LogP contribution in [0, 0.1) is 12.8 Å². The molecule has 2 atom stereocenters. The van der Waals surface area contributed by atoms with E-state index in [0.29, 0.717) is 23.0 Å². The molecule has 0 bridgehead atoms. The van der Waals surface area contributed by atoms with E-state index in [-0.39, 0.29) is 23.4 Å². The predicted octanol–water partition coefficient (Wildman–Crippen LogP) is 2.98. The molecule has 0 aromatic carbocycles. The van der Waals surface area contributed by atoms with Crippen LogP contribution < -0.4 is 16.2 Å². The second-order valence-electron chi connectivity index (χ2n) is 8.76. The number of aryl methyl sites for hydroxylation is 1. The summed E-state index contributed by atoms with van der Waals surface area (Å²) in [5.74, 6) is -0.160. The number of nitrogens with one attached hydrogen (secondary N) is 4. The van der Waals surface area contributed by atoms with Gasteiger partial charge in [-0.25, -0.2) is 4.79 Å². The third-order valence-electron chi connectivity index (χ3n) is 5.30. The van der Waals surface area contributed by atoms with E-state index >= 15 is 0 Å². The van der Waals surface area contributed by atoms with Crippen LogP contribution in [0.3, 0.4) is 0 Å². The number of hydrogen-bond donors (Lipinski definition) is 4. The predicted molar refractivity (Wildman–Crippen MR) is 111 cm³/mol. The third kappa shape index (κ3) is 4.99. The van der Waals surface area contributed by atoms with E-state index in [4.69, 9.17) is 4.74 Å². The number of aromatic nitrogens is 2. The highest BCUT2D eigenvalue weighted by atomic mass is 16.6. The average Bonchev–Trinajstić information content (AvgIpc) is 3.09. The fraction of sp³-hybridized carbons (Fsp3) is 0.571. The van der Waals surface area contributed by atoms with Crippen LogP contribution in [-0.4, -0.2) is 40.2 Å². The van der Waals surface area contributed by atoms with Crippen LogP contribution in [-0.2, 0) is 4.74 Å². The zero-order chi connectivity index (χ0) is 21.2. The van der Waals surface area contributed by atoms with Crippen molar-refractivity contribution >= 4 is 22.9 Å². The lowest BCUT2D eigenvalue weighted by Gasteiger charge is -2.32. The van der Waals surface area contributed by atoms with Crippen molar-refractivity contribution in [2.24, 2.45) is 5.92 Å². The van der Waals surface area contributed by atoms with Crippen molar-refractivity contribution < 1.29 is 14.3 Å². The van der Waals surface area contributed by atoms with Gasteiger partial charge in [-0.1, -0.05) is 12.8 Å². The molecule has 2 amide bonds. The first-order valence-corrected chi connectivity index (χ1v) is 10.1. The molecule has 0 spiro atoms. The van der Waals surface area contributed by atoms with Gasteiger partial charge in [0, 0.05) is 25.0 Å². The van der Waals surface area contributed by atoms with Crippen LogP contribution in [0.15, 0.2) is 17.2 Å². The van der Waals surface area contributed by atoms with Crippen molar-refractivity contribution in [3.05, 3.63) is 33.9 Å². The molecule has 8 nitrogen and oxygen atoms in total. The van der Waals surface area contributed by atoms with E-state index < -0.39 is 11.7 Å². The van der Waals surface area contributed by atoms with Crippen molar-refractivity contribution in [1.82, 2.24) is 20.6 Å². The average molecular weight is 402 g/mol. The Hall–Kier alpha value is -2.77. The lowest BCUT2D eigenvalue weighted by Crippen LogP contribution is -2.47. The van der Waals surface area contributed by atoms with Gasteiger partial charge in [0.05, 0.1) is 16.5 Å². The first-order valence-electron chi connectivity index (χ1n) is 10.1. The minimum atomic E-state index is -0.551. The summed E-state index contributed by atoms with van der Waals surface area (Å²) in [5, 5.41) is 6.27. The molecule has 4 N–H and O–H groups in total. The van der Waals surface area contributed by atoms with Gasteiger partial charge in [0.1, 0.15) is 5.60 Å². The minimum absolute atomic E-state index is 0.0694. The number of carbonyl (C=O) groups is 2. The van der Waals surface area contributed by atoms with Crippen LogP contribution in [0.25, 0.3) is 10.9 Å². The summed E-state index contributed by atoms with van der Waals surface area (Å²) in [7, 11) is 0. The number of fused-ring (bicyclic) bond motifs is 1. The van der Waals surface area contributed by atoms with Crippen LogP contribution in [0.4, 0.5) is 4.79 Å². The molecule has 2 aromatic heterocycles. The molecule has 1 aliphatic rings. The van der Waals surface area contributed by atoms with Gasteiger partial charge in [0.2, 0.25) is 0 Å². The number of alkyl carbamates (subject to hydrolysis) is 1. The second kappa shape index (κ2) is 8.31. The summed E-state index contributed by atoms with van der Waals surface area (Å²) in [6.07, 6.45) is 6.58. The lowest BCUT2D eigenvalue weighted by atomic mass is 9.84. The van der Waals surface area contributed by atoms with Gasteiger partial charge in [-0.2, -0.15) is 0 Å². The molecule has 158 valence electrons. The summed E-state index contributed by atoms with van der Waals surface area (Å²) in [5.41, 5.74) is 1.05. The van der Waals surface area contributed by atoms with Crippen LogP contribution in [0.2, 0.25) is 0 Å². The fourth-order valence-corrected chi connectivity index (χ4v) is 3.88. The lowest BCUT2D eigenvalue weighted by molar-refractivity contribution is 0.0511. The van der Waals surface area contributed by atoms with Crippen LogP contribution in [0.5, 0.6) is 0 Å². The van der Waals surface area contributed by atoms with Gasteiger partial charge in [-0.3, -0.25) is 9.59 Å². The molecular weight excluding hydrogens is 372 g/mol. The largest absolute Gasteiger partial charge is 0.444 e. The van der Waals surface area contributed by atoms with Crippen molar-refractivity contribution in [1.29, 1.82) is 0 Å². The molecule has 29 heavy (non-hydrogen) atoms. The van der Waals surface area contributed by atoms with Crippen LogP contribution in [0.1, 0.15) is 62.4 Å². The molecule has 0 aliphatic heterocycles. The van der Waals surface area contributed by atoms with Gasteiger partial charge in [0.15, 0.2) is 0 Å². The quantitative estimate of drug-likeness (QED) is 0.629. The highest BCUT2D eigenvalue weighted by Gasteiger charge is 2.29. The highest BCUT2D eigenvalue weighted by molar-refractivity contribution is 6.07. The van der Waals surface area contributed by atoms with E-state index in [1.54, 1.807) is 12.4 Å². The van der Waals surface area contributed by atoms with Crippen molar-refractivity contribution in [3.63, 3.8) is 0 Å². The highest BCUT2D eigenvalue weighted by Crippen LogP contribution is 2.25. The Morgan fingerprint density at radius 2 is 1.90 bits per heavy atom. The molecule has 8 heteroatoms. The molecule has 1 aliphatic carbocycles. The summed E-state index contributed by atoms with van der Waals surface area (Å²) < 4.78 is 5.30. The zero-order valence-corrected chi connectivity index (χ0v) is 17.5. The van der Waals surface area contributed by atoms with Crippen molar-refractivity contribution in [2.75, 3.05) is 6.54 Å². The SMILES string of the molecule is Cc1c[nH]c(=O)c2c(C(=O)NC3CCCC[C@@H]3CNC(=O)OC(C)(C)C)c[nH]c12. The van der Waals surface area contributed by atoms with E-state index in [9.17, 15) is 14.4 Å². The van der Waals surface area contributed by atoms with Gasteiger partial charge in [-0.15, -0.1) is 0 Å². The third-order valence-corrected chi connectivity index (χ3v) is 5.30. The van der Waals surface area contributed by atoms with Gasteiger partial charge in [-0.05, 0) is 52.0 Å². The number of ether oxygens (including phenoxy) is 1. The number of carbonyl (C=O) groups excluding carboxylic acids is 2. The normalized spacial score (nSPS) is 19.7. The van der Waals surface area contributed by atoms with Crippen molar-refractivity contribution in [2.45, 2.75) is 65.0 Å². The number of pyridine rings is 1. The second-order valence-corrected chi connectivity index (χ2v) is 8.76. The first-order chi connectivity index (χ1) is 13.7.